The first kappa shape index (κ1) is 11.4. The zero-order valence-corrected chi connectivity index (χ0v) is 9.69. The van der Waals surface area contributed by atoms with E-state index in [1.54, 1.807) is 7.11 Å². The average Bonchev–Trinajstić information content (AvgIpc) is 2.27. The highest BCUT2D eigenvalue weighted by atomic mass is 16.5. The summed E-state index contributed by atoms with van der Waals surface area (Å²) in [5, 5.41) is 0. The molecule has 16 heavy (non-hydrogen) atoms. The first-order valence-electron chi connectivity index (χ1n) is 5.77. The molecule has 0 saturated heterocycles. The quantitative estimate of drug-likeness (QED) is 0.772. The van der Waals surface area contributed by atoms with Crippen molar-refractivity contribution in [3.05, 3.63) is 29.8 Å². The monoisotopic (exact) mass is 221 g/mol. The van der Waals surface area contributed by atoms with Crippen LogP contribution in [-0.2, 0) is 4.74 Å². The van der Waals surface area contributed by atoms with Gasteiger partial charge in [0.15, 0.2) is 0 Å². The third-order valence-electron chi connectivity index (χ3n) is 3.08. The summed E-state index contributed by atoms with van der Waals surface area (Å²) in [6.45, 7) is 1.23. The topological polar surface area (TPSA) is 44.5 Å². The van der Waals surface area contributed by atoms with Crippen LogP contribution >= 0.6 is 0 Å². The van der Waals surface area contributed by atoms with Gasteiger partial charge in [-0.2, -0.15) is 0 Å². The molecule has 0 spiro atoms. The van der Waals surface area contributed by atoms with E-state index < -0.39 is 0 Å². The molecular formula is C13H19NO2. The second-order valence-corrected chi connectivity index (χ2v) is 4.34. The minimum absolute atomic E-state index is 0.405. The van der Waals surface area contributed by atoms with Gasteiger partial charge in [-0.25, -0.2) is 0 Å². The van der Waals surface area contributed by atoms with E-state index in [2.05, 4.69) is 12.1 Å². The lowest BCUT2D eigenvalue weighted by atomic mass is 9.76. The van der Waals surface area contributed by atoms with Crippen molar-refractivity contribution in [2.45, 2.75) is 24.8 Å². The predicted molar refractivity (Wildman–Crippen MR) is 63.8 cm³/mol. The molecule has 1 aliphatic rings. The smallest absolute Gasteiger partial charge is 0.119 e. The van der Waals surface area contributed by atoms with Gasteiger partial charge in [0.2, 0.25) is 0 Å². The predicted octanol–water partition coefficient (Wildman–Crippen LogP) is 1.92. The van der Waals surface area contributed by atoms with Crippen molar-refractivity contribution in [2.75, 3.05) is 20.3 Å². The third kappa shape index (κ3) is 2.74. The van der Waals surface area contributed by atoms with Crippen LogP contribution in [0.3, 0.4) is 0 Å². The summed E-state index contributed by atoms with van der Waals surface area (Å²) in [6.07, 6.45) is 2.23. The van der Waals surface area contributed by atoms with Gasteiger partial charge in [-0.05, 0) is 36.5 Å². The van der Waals surface area contributed by atoms with E-state index in [0.717, 1.165) is 18.6 Å². The highest BCUT2D eigenvalue weighted by Gasteiger charge is 2.26. The molecule has 0 radical (unpaired) electrons. The number of hydrogen-bond acceptors (Lipinski definition) is 3. The Morgan fingerprint density at radius 1 is 1.19 bits per heavy atom. The van der Waals surface area contributed by atoms with E-state index in [9.17, 15) is 0 Å². The second-order valence-electron chi connectivity index (χ2n) is 4.34. The molecule has 3 nitrogen and oxygen atoms in total. The van der Waals surface area contributed by atoms with Crippen LogP contribution in [0.1, 0.15) is 24.3 Å². The fraction of sp³-hybridized carbons (Fsp3) is 0.538. The summed E-state index contributed by atoms with van der Waals surface area (Å²) in [6, 6.07) is 8.73. The lowest BCUT2D eigenvalue weighted by Gasteiger charge is -2.32. The van der Waals surface area contributed by atoms with Gasteiger partial charge in [-0.15, -0.1) is 0 Å². The first-order chi connectivity index (χ1) is 7.79. The van der Waals surface area contributed by atoms with E-state index in [4.69, 9.17) is 15.2 Å². The van der Waals surface area contributed by atoms with E-state index in [-0.39, 0.29) is 0 Å². The van der Waals surface area contributed by atoms with Crippen LogP contribution in [0.25, 0.3) is 0 Å². The van der Waals surface area contributed by atoms with Crippen molar-refractivity contribution >= 4 is 0 Å². The van der Waals surface area contributed by atoms with Gasteiger partial charge in [0.05, 0.1) is 6.61 Å². The number of ether oxygens (including phenoxy) is 2. The summed E-state index contributed by atoms with van der Waals surface area (Å²) in [7, 11) is 1.67. The molecule has 0 atom stereocenters. The molecule has 1 aromatic rings. The fourth-order valence-corrected chi connectivity index (χ4v) is 2.01. The number of methoxy groups -OCH3 is 1. The Morgan fingerprint density at radius 2 is 1.88 bits per heavy atom. The minimum atomic E-state index is 0.405. The molecule has 1 fully saturated rings. The van der Waals surface area contributed by atoms with Gasteiger partial charge in [0, 0.05) is 13.2 Å². The Morgan fingerprint density at radius 3 is 2.44 bits per heavy atom. The SMILES string of the molecule is COCCOc1ccc(C2CC(N)C2)cc1. The third-order valence-corrected chi connectivity index (χ3v) is 3.08. The van der Waals surface area contributed by atoms with Gasteiger partial charge in [-0.1, -0.05) is 12.1 Å². The summed E-state index contributed by atoms with van der Waals surface area (Å²) >= 11 is 0. The number of benzene rings is 1. The molecule has 88 valence electrons. The van der Waals surface area contributed by atoms with Gasteiger partial charge < -0.3 is 15.2 Å². The highest BCUT2D eigenvalue weighted by Crippen LogP contribution is 2.36. The maximum absolute atomic E-state index is 5.78. The van der Waals surface area contributed by atoms with E-state index >= 15 is 0 Å². The molecule has 2 N–H and O–H groups in total. The summed E-state index contributed by atoms with van der Waals surface area (Å²) in [4.78, 5) is 0. The van der Waals surface area contributed by atoms with E-state index in [0.29, 0.717) is 25.2 Å². The van der Waals surface area contributed by atoms with Crippen molar-refractivity contribution in [2.24, 2.45) is 5.73 Å². The van der Waals surface area contributed by atoms with E-state index in [1.807, 2.05) is 12.1 Å². The van der Waals surface area contributed by atoms with Crippen LogP contribution in [0.2, 0.25) is 0 Å². The summed E-state index contributed by atoms with van der Waals surface area (Å²) < 4.78 is 10.4. The maximum atomic E-state index is 5.78. The van der Waals surface area contributed by atoms with E-state index in [1.165, 1.54) is 5.56 Å². The van der Waals surface area contributed by atoms with Gasteiger partial charge in [0.1, 0.15) is 12.4 Å². The zero-order chi connectivity index (χ0) is 11.4. The Bertz CT molecular complexity index is 317. The molecule has 3 heteroatoms. The second kappa shape index (κ2) is 5.32. The Kier molecular flexibility index (Phi) is 3.80. The van der Waals surface area contributed by atoms with Crippen molar-refractivity contribution in [3.63, 3.8) is 0 Å². The normalized spacial score (nSPS) is 23.9. The average molecular weight is 221 g/mol. The fourth-order valence-electron chi connectivity index (χ4n) is 2.01. The van der Waals surface area contributed by atoms with Gasteiger partial charge in [0.25, 0.3) is 0 Å². The Labute approximate surface area is 96.5 Å². The molecule has 0 aliphatic heterocycles. The largest absolute Gasteiger partial charge is 0.491 e. The molecular weight excluding hydrogens is 202 g/mol. The van der Waals surface area contributed by atoms with Gasteiger partial charge >= 0.3 is 0 Å². The molecule has 0 unspecified atom stereocenters. The molecule has 1 saturated carbocycles. The lowest BCUT2D eigenvalue weighted by molar-refractivity contribution is 0.146. The minimum Gasteiger partial charge on any atom is -0.491 e. The standard InChI is InChI=1S/C13H19NO2/c1-15-6-7-16-13-4-2-10(3-5-13)11-8-12(14)9-11/h2-5,11-12H,6-9,14H2,1H3. The number of hydrogen-bond donors (Lipinski definition) is 1. The van der Waals surface area contributed by atoms with Crippen molar-refractivity contribution in [1.29, 1.82) is 0 Å². The zero-order valence-electron chi connectivity index (χ0n) is 9.69. The molecule has 0 amide bonds. The molecule has 0 heterocycles. The molecule has 0 aromatic heterocycles. The molecule has 2 rings (SSSR count). The maximum Gasteiger partial charge on any atom is 0.119 e. The first-order valence-corrected chi connectivity index (χ1v) is 5.77. The van der Waals surface area contributed by atoms with Crippen molar-refractivity contribution in [3.8, 4) is 5.75 Å². The molecule has 1 aliphatic carbocycles. The number of rotatable bonds is 5. The van der Waals surface area contributed by atoms with Gasteiger partial charge in [-0.3, -0.25) is 0 Å². The summed E-state index contributed by atoms with van der Waals surface area (Å²) in [5.74, 6) is 1.56. The van der Waals surface area contributed by atoms with Crippen LogP contribution < -0.4 is 10.5 Å². The molecule has 1 aromatic carbocycles. The Hall–Kier alpha value is -1.06. The van der Waals surface area contributed by atoms with Crippen LogP contribution in [0.4, 0.5) is 0 Å². The van der Waals surface area contributed by atoms with Crippen LogP contribution in [-0.4, -0.2) is 26.4 Å². The van der Waals surface area contributed by atoms with Crippen molar-refractivity contribution in [1.82, 2.24) is 0 Å². The number of nitrogens with two attached hydrogens (primary N) is 1. The van der Waals surface area contributed by atoms with Crippen molar-refractivity contribution < 1.29 is 9.47 Å². The van der Waals surface area contributed by atoms with Crippen LogP contribution in [0.15, 0.2) is 24.3 Å². The molecule has 0 bridgehead atoms. The van der Waals surface area contributed by atoms with Crippen LogP contribution in [0.5, 0.6) is 5.75 Å². The Balaban J connectivity index is 1.84. The summed E-state index contributed by atoms with van der Waals surface area (Å²) in [5.41, 5.74) is 7.15. The lowest BCUT2D eigenvalue weighted by Crippen LogP contribution is -2.34. The highest BCUT2D eigenvalue weighted by molar-refractivity contribution is 5.30. The van der Waals surface area contributed by atoms with Crippen LogP contribution in [0, 0.1) is 0 Å².